The fraction of sp³-hybridized carbons (Fsp3) is 1.00. The summed E-state index contributed by atoms with van der Waals surface area (Å²) in [5.41, 5.74) is 0.397. The summed E-state index contributed by atoms with van der Waals surface area (Å²) in [4.78, 5) is 2.76. The summed E-state index contributed by atoms with van der Waals surface area (Å²) in [6, 6.07) is 0. The van der Waals surface area contributed by atoms with Crippen molar-refractivity contribution in [2.24, 2.45) is 0 Å². The highest BCUT2D eigenvalue weighted by Gasteiger charge is 2.24. The zero-order valence-electron chi connectivity index (χ0n) is 15.8. The van der Waals surface area contributed by atoms with Crippen LogP contribution in [0.4, 0.5) is 0 Å². The summed E-state index contributed by atoms with van der Waals surface area (Å²) in [5.74, 6) is 0. The predicted molar refractivity (Wildman–Crippen MR) is 98.1 cm³/mol. The second-order valence-electron chi connectivity index (χ2n) is 7.38. The minimum Gasteiger partial charge on any atom is -0.298 e. The zero-order valence-corrected chi connectivity index (χ0v) is 15.8. The minimum atomic E-state index is 0.397. The van der Waals surface area contributed by atoms with Crippen molar-refractivity contribution >= 4 is 0 Å². The summed E-state index contributed by atoms with van der Waals surface area (Å²) >= 11 is 0. The lowest BCUT2D eigenvalue weighted by molar-refractivity contribution is 0.104. The highest BCUT2D eigenvalue weighted by molar-refractivity contribution is 4.81. The minimum absolute atomic E-state index is 0.397. The molecule has 0 aromatic heterocycles. The Bertz CT molecular complexity index is 202. The van der Waals surface area contributed by atoms with Gasteiger partial charge in [0.15, 0.2) is 0 Å². The number of nitrogens with zero attached hydrogens (tertiary/aromatic N) is 1. The molecule has 0 atom stereocenters. The molecule has 0 heterocycles. The molecule has 0 amide bonds. The molecule has 0 radical (unpaired) electrons. The molecule has 0 fully saturated rings. The molecule has 0 rings (SSSR count). The van der Waals surface area contributed by atoms with Gasteiger partial charge in [-0.25, -0.2) is 0 Å². The molecular formula is C20H43N. The van der Waals surface area contributed by atoms with E-state index in [4.69, 9.17) is 0 Å². The Labute approximate surface area is 135 Å². The average molecular weight is 298 g/mol. The first kappa shape index (κ1) is 21.0. The molecule has 0 saturated heterocycles. The molecule has 0 saturated carbocycles. The van der Waals surface area contributed by atoms with Crippen molar-refractivity contribution in [2.45, 2.75) is 117 Å². The lowest BCUT2D eigenvalue weighted by Gasteiger charge is -2.39. The molecular weight excluding hydrogens is 254 g/mol. The van der Waals surface area contributed by atoms with E-state index in [-0.39, 0.29) is 0 Å². The highest BCUT2D eigenvalue weighted by atomic mass is 15.2. The molecule has 0 aromatic rings. The second kappa shape index (κ2) is 13.6. The summed E-state index contributed by atoms with van der Waals surface area (Å²) in [6.07, 6.45) is 16.7. The van der Waals surface area contributed by atoms with E-state index < -0.39 is 0 Å². The Morgan fingerprint density at radius 2 is 1.00 bits per heavy atom. The van der Waals surface area contributed by atoms with Crippen LogP contribution in [0.1, 0.15) is 112 Å². The lowest BCUT2D eigenvalue weighted by Crippen LogP contribution is -2.45. The maximum atomic E-state index is 2.76. The van der Waals surface area contributed by atoms with Gasteiger partial charge in [-0.15, -0.1) is 0 Å². The monoisotopic (exact) mass is 297 g/mol. The third-order valence-corrected chi connectivity index (χ3v) is 4.81. The smallest absolute Gasteiger partial charge is 0.0153 e. The van der Waals surface area contributed by atoms with Crippen LogP contribution in [0.2, 0.25) is 0 Å². The molecule has 0 spiro atoms. The SMILES string of the molecule is CCCCCCCCCC(C)(C)N(CCCC)CCCC. The average Bonchev–Trinajstić information content (AvgIpc) is 2.46. The third-order valence-electron chi connectivity index (χ3n) is 4.81. The van der Waals surface area contributed by atoms with Gasteiger partial charge in [0.05, 0.1) is 0 Å². The van der Waals surface area contributed by atoms with Gasteiger partial charge in [-0.3, -0.25) is 4.90 Å². The van der Waals surface area contributed by atoms with Gasteiger partial charge in [-0.2, -0.15) is 0 Å². The van der Waals surface area contributed by atoms with Gasteiger partial charge in [-0.05, 0) is 46.2 Å². The number of hydrogen-bond acceptors (Lipinski definition) is 1. The number of unbranched alkanes of at least 4 members (excludes halogenated alkanes) is 8. The van der Waals surface area contributed by atoms with E-state index in [1.807, 2.05) is 0 Å². The van der Waals surface area contributed by atoms with E-state index in [0.717, 1.165) is 0 Å². The second-order valence-corrected chi connectivity index (χ2v) is 7.38. The van der Waals surface area contributed by atoms with Crippen molar-refractivity contribution in [1.82, 2.24) is 4.90 Å². The Hall–Kier alpha value is -0.0400. The first-order chi connectivity index (χ1) is 10.1. The Kier molecular flexibility index (Phi) is 13.6. The summed E-state index contributed by atoms with van der Waals surface area (Å²) in [6.45, 7) is 14.4. The molecule has 0 unspecified atom stereocenters. The van der Waals surface area contributed by atoms with E-state index >= 15 is 0 Å². The topological polar surface area (TPSA) is 3.24 Å². The molecule has 0 aliphatic carbocycles. The van der Waals surface area contributed by atoms with Crippen LogP contribution in [0.3, 0.4) is 0 Å². The van der Waals surface area contributed by atoms with Gasteiger partial charge in [0.2, 0.25) is 0 Å². The molecule has 1 nitrogen and oxygen atoms in total. The molecule has 128 valence electrons. The maximum Gasteiger partial charge on any atom is 0.0153 e. The van der Waals surface area contributed by atoms with Crippen molar-refractivity contribution in [3.8, 4) is 0 Å². The van der Waals surface area contributed by atoms with Crippen molar-refractivity contribution in [1.29, 1.82) is 0 Å². The fourth-order valence-corrected chi connectivity index (χ4v) is 3.09. The van der Waals surface area contributed by atoms with E-state index in [0.29, 0.717) is 5.54 Å². The quantitative estimate of drug-likeness (QED) is 0.300. The molecule has 0 N–H and O–H groups in total. The Morgan fingerprint density at radius 3 is 1.48 bits per heavy atom. The van der Waals surface area contributed by atoms with Crippen LogP contribution in [0.15, 0.2) is 0 Å². The first-order valence-corrected chi connectivity index (χ1v) is 9.83. The third kappa shape index (κ3) is 11.2. The standard InChI is InChI=1S/C20H43N/c1-6-9-12-13-14-15-16-17-20(4,5)21(18-10-7-2)19-11-8-3/h6-19H2,1-5H3. The van der Waals surface area contributed by atoms with Crippen LogP contribution in [-0.4, -0.2) is 23.5 Å². The van der Waals surface area contributed by atoms with Crippen molar-refractivity contribution < 1.29 is 0 Å². The van der Waals surface area contributed by atoms with Crippen molar-refractivity contribution in [3.05, 3.63) is 0 Å². The van der Waals surface area contributed by atoms with Crippen LogP contribution < -0.4 is 0 Å². The van der Waals surface area contributed by atoms with Gasteiger partial charge in [0, 0.05) is 5.54 Å². The van der Waals surface area contributed by atoms with Crippen LogP contribution >= 0.6 is 0 Å². The molecule has 0 aliphatic rings. The molecule has 0 aliphatic heterocycles. The Balaban J connectivity index is 3.96. The van der Waals surface area contributed by atoms with E-state index in [9.17, 15) is 0 Å². The van der Waals surface area contributed by atoms with Gasteiger partial charge in [0.25, 0.3) is 0 Å². The van der Waals surface area contributed by atoms with Crippen LogP contribution in [0.5, 0.6) is 0 Å². The largest absolute Gasteiger partial charge is 0.298 e. The van der Waals surface area contributed by atoms with E-state index in [1.165, 1.54) is 90.1 Å². The molecule has 21 heavy (non-hydrogen) atoms. The number of rotatable bonds is 15. The zero-order chi connectivity index (χ0) is 16.0. The van der Waals surface area contributed by atoms with Gasteiger partial charge >= 0.3 is 0 Å². The first-order valence-electron chi connectivity index (χ1n) is 9.83. The van der Waals surface area contributed by atoms with Crippen LogP contribution in [0, 0.1) is 0 Å². The van der Waals surface area contributed by atoms with E-state index in [1.54, 1.807) is 0 Å². The summed E-state index contributed by atoms with van der Waals surface area (Å²) in [7, 11) is 0. The molecule has 0 aromatic carbocycles. The highest BCUT2D eigenvalue weighted by Crippen LogP contribution is 2.24. The summed E-state index contributed by atoms with van der Waals surface area (Å²) in [5, 5.41) is 0. The Morgan fingerprint density at radius 1 is 0.571 bits per heavy atom. The van der Waals surface area contributed by atoms with Crippen molar-refractivity contribution in [2.75, 3.05) is 13.1 Å². The predicted octanol–water partition coefficient (Wildman–Crippen LogP) is 6.81. The van der Waals surface area contributed by atoms with Gasteiger partial charge in [-0.1, -0.05) is 78.6 Å². The summed E-state index contributed by atoms with van der Waals surface area (Å²) < 4.78 is 0. The normalized spacial score (nSPS) is 12.3. The van der Waals surface area contributed by atoms with Gasteiger partial charge in [0.1, 0.15) is 0 Å². The maximum absolute atomic E-state index is 2.76. The van der Waals surface area contributed by atoms with Crippen LogP contribution in [0.25, 0.3) is 0 Å². The van der Waals surface area contributed by atoms with E-state index in [2.05, 4.69) is 39.5 Å². The fourth-order valence-electron chi connectivity index (χ4n) is 3.09. The van der Waals surface area contributed by atoms with Gasteiger partial charge < -0.3 is 0 Å². The number of hydrogen-bond donors (Lipinski definition) is 0. The molecule has 1 heteroatoms. The lowest BCUT2D eigenvalue weighted by atomic mass is 9.93. The van der Waals surface area contributed by atoms with Crippen molar-refractivity contribution in [3.63, 3.8) is 0 Å². The van der Waals surface area contributed by atoms with Crippen LogP contribution in [-0.2, 0) is 0 Å². The molecule has 0 bridgehead atoms.